The molecule has 0 rings (SSSR count). The minimum Gasteiger partial charge on any atom is -0.480 e. The van der Waals surface area contributed by atoms with Crippen LogP contribution in [0, 0.1) is 5.92 Å². The second kappa shape index (κ2) is 11.7. The van der Waals surface area contributed by atoms with Crippen LogP contribution in [0.15, 0.2) is 0 Å². The molecule has 0 bridgehead atoms. The van der Waals surface area contributed by atoms with Gasteiger partial charge in [0.2, 0.25) is 17.7 Å². The zero-order chi connectivity index (χ0) is 20.4. The molecule has 0 aromatic heterocycles. The molecular weight excluding hydrogens is 364 g/mol. The topological polar surface area (TPSA) is 171 Å². The molecule has 11 heteroatoms. The fraction of sp³-hybridized carbons (Fsp3) is 0.733. The van der Waals surface area contributed by atoms with Gasteiger partial charge >= 0.3 is 5.97 Å². The van der Waals surface area contributed by atoms with Crippen molar-refractivity contribution in [3.05, 3.63) is 0 Å². The summed E-state index contributed by atoms with van der Waals surface area (Å²) >= 11 is 3.95. The van der Waals surface area contributed by atoms with Crippen LogP contribution in [-0.4, -0.2) is 70.4 Å². The molecule has 0 heterocycles. The normalized spacial score (nSPS) is 16.5. The number of aliphatic hydroxyl groups excluding tert-OH is 1. The Morgan fingerprint density at radius 1 is 1.00 bits per heavy atom. The van der Waals surface area contributed by atoms with Gasteiger partial charge in [0.05, 0.1) is 12.6 Å². The van der Waals surface area contributed by atoms with Crippen molar-refractivity contribution >= 4 is 36.3 Å². The zero-order valence-corrected chi connectivity index (χ0v) is 16.0. The molecule has 0 spiro atoms. The minimum atomic E-state index is -1.30. The summed E-state index contributed by atoms with van der Waals surface area (Å²) in [6, 6.07) is -4.43. The Morgan fingerprint density at radius 2 is 1.50 bits per heavy atom. The first-order valence-electron chi connectivity index (χ1n) is 8.20. The first kappa shape index (κ1) is 24.1. The number of carbonyl (C=O) groups is 4. The van der Waals surface area contributed by atoms with Crippen molar-refractivity contribution < 1.29 is 29.4 Å². The molecule has 5 atom stereocenters. The maximum Gasteiger partial charge on any atom is 0.325 e. The smallest absolute Gasteiger partial charge is 0.325 e. The number of nitrogens with two attached hydrogens (primary N) is 1. The van der Waals surface area contributed by atoms with Gasteiger partial charge in [-0.05, 0) is 12.8 Å². The van der Waals surface area contributed by atoms with Gasteiger partial charge in [-0.3, -0.25) is 19.2 Å². The van der Waals surface area contributed by atoms with Crippen LogP contribution in [0.3, 0.4) is 0 Å². The first-order valence-corrected chi connectivity index (χ1v) is 8.83. The molecule has 0 saturated heterocycles. The van der Waals surface area contributed by atoms with Crippen LogP contribution in [0.4, 0.5) is 0 Å². The number of carbonyl (C=O) groups excluding carboxylic acids is 3. The molecule has 0 aliphatic carbocycles. The summed E-state index contributed by atoms with van der Waals surface area (Å²) < 4.78 is 0. The summed E-state index contributed by atoms with van der Waals surface area (Å²) in [5.41, 5.74) is 5.78. The fourth-order valence-corrected chi connectivity index (χ4v) is 2.07. The summed E-state index contributed by atoms with van der Waals surface area (Å²) in [4.78, 5) is 47.0. The van der Waals surface area contributed by atoms with E-state index in [1.54, 1.807) is 6.92 Å². The SMILES string of the molecule is CC[C@H](C)[C@H](N)C(=O)N[C@@H](CO)C(=O)N[C@@H](CS)C(=O)N[C@@H](C)C(=O)O. The monoisotopic (exact) mass is 392 g/mol. The molecule has 0 fully saturated rings. The summed E-state index contributed by atoms with van der Waals surface area (Å²) in [7, 11) is 0. The van der Waals surface area contributed by atoms with E-state index in [1.165, 1.54) is 6.92 Å². The van der Waals surface area contributed by atoms with Crippen molar-refractivity contribution in [1.29, 1.82) is 0 Å². The lowest BCUT2D eigenvalue weighted by Crippen LogP contribution is -2.58. The lowest BCUT2D eigenvalue weighted by atomic mass is 9.99. The number of hydrogen-bond acceptors (Lipinski definition) is 7. The van der Waals surface area contributed by atoms with E-state index in [0.717, 1.165) is 0 Å². The molecule has 0 radical (unpaired) electrons. The summed E-state index contributed by atoms with van der Waals surface area (Å²) in [5.74, 6) is -3.62. The highest BCUT2D eigenvalue weighted by Crippen LogP contribution is 2.05. The number of hydrogen-bond donors (Lipinski definition) is 7. The van der Waals surface area contributed by atoms with Gasteiger partial charge in [-0.2, -0.15) is 12.6 Å². The number of carboxylic acids is 1. The highest BCUT2D eigenvalue weighted by Gasteiger charge is 2.29. The van der Waals surface area contributed by atoms with Crippen LogP contribution in [0.2, 0.25) is 0 Å². The molecule has 7 N–H and O–H groups in total. The van der Waals surface area contributed by atoms with Crippen molar-refractivity contribution in [2.75, 3.05) is 12.4 Å². The maximum absolute atomic E-state index is 12.2. The molecule has 10 nitrogen and oxygen atoms in total. The molecule has 150 valence electrons. The van der Waals surface area contributed by atoms with E-state index in [0.29, 0.717) is 6.42 Å². The van der Waals surface area contributed by atoms with E-state index >= 15 is 0 Å². The average molecular weight is 392 g/mol. The molecule has 3 amide bonds. The van der Waals surface area contributed by atoms with E-state index in [4.69, 9.17) is 10.8 Å². The van der Waals surface area contributed by atoms with Crippen molar-refractivity contribution in [3.63, 3.8) is 0 Å². The van der Waals surface area contributed by atoms with Gasteiger partial charge in [-0.25, -0.2) is 0 Å². The number of aliphatic carboxylic acids is 1. The van der Waals surface area contributed by atoms with Crippen LogP contribution >= 0.6 is 12.6 Å². The largest absolute Gasteiger partial charge is 0.480 e. The van der Waals surface area contributed by atoms with Crippen molar-refractivity contribution in [3.8, 4) is 0 Å². The second-order valence-corrected chi connectivity index (χ2v) is 6.33. The lowest BCUT2D eigenvalue weighted by Gasteiger charge is -2.24. The van der Waals surface area contributed by atoms with E-state index in [-0.39, 0.29) is 11.7 Å². The molecular formula is C15H28N4O6S. The number of carboxylic acid groups (broad SMARTS) is 1. The number of aliphatic hydroxyl groups is 1. The van der Waals surface area contributed by atoms with E-state index < -0.39 is 54.5 Å². The molecule has 26 heavy (non-hydrogen) atoms. The predicted octanol–water partition coefficient (Wildman–Crippen LogP) is -2.16. The van der Waals surface area contributed by atoms with E-state index in [2.05, 4.69) is 28.6 Å². The van der Waals surface area contributed by atoms with Crippen LogP contribution in [-0.2, 0) is 19.2 Å². The van der Waals surface area contributed by atoms with Gasteiger partial charge in [0, 0.05) is 5.75 Å². The molecule has 0 aromatic carbocycles. The predicted molar refractivity (Wildman–Crippen MR) is 97.5 cm³/mol. The molecule has 0 aliphatic rings. The van der Waals surface area contributed by atoms with Crippen LogP contribution in [0.1, 0.15) is 27.2 Å². The van der Waals surface area contributed by atoms with Crippen molar-refractivity contribution in [1.82, 2.24) is 16.0 Å². The molecule has 0 saturated carbocycles. The third-order valence-corrected chi connectivity index (χ3v) is 4.29. The number of nitrogens with one attached hydrogen (secondary N) is 3. The van der Waals surface area contributed by atoms with Gasteiger partial charge in [0.1, 0.15) is 18.1 Å². The summed E-state index contributed by atoms with van der Waals surface area (Å²) in [5, 5.41) is 25.0. The Bertz CT molecular complexity index is 518. The van der Waals surface area contributed by atoms with Crippen molar-refractivity contribution in [2.24, 2.45) is 11.7 Å². The van der Waals surface area contributed by atoms with Gasteiger partial charge < -0.3 is 31.9 Å². The lowest BCUT2D eigenvalue weighted by molar-refractivity contribution is -0.141. The fourth-order valence-electron chi connectivity index (χ4n) is 1.82. The minimum absolute atomic E-state index is 0.109. The van der Waals surface area contributed by atoms with Gasteiger partial charge in [-0.1, -0.05) is 20.3 Å². The van der Waals surface area contributed by atoms with Gasteiger partial charge in [0.15, 0.2) is 0 Å². The number of rotatable bonds is 11. The number of amides is 3. The van der Waals surface area contributed by atoms with Crippen LogP contribution in [0.5, 0.6) is 0 Å². The first-order chi connectivity index (χ1) is 12.1. The molecule has 0 aliphatic heterocycles. The Kier molecular flexibility index (Phi) is 10.9. The van der Waals surface area contributed by atoms with Gasteiger partial charge in [-0.15, -0.1) is 0 Å². The standard InChI is InChI=1S/C15H28N4O6S/c1-4-7(2)11(16)14(23)18-9(5-20)12(21)19-10(6-26)13(22)17-8(3)15(24)25/h7-11,20,26H,4-6,16H2,1-3H3,(H,17,22)(H,18,23)(H,19,21)(H,24,25)/t7-,8-,9-,10-,11-/m0/s1. The average Bonchev–Trinajstić information content (AvgIpc) is 2.61. The third-order valence-electron chi connectivity index (χ3n) is 3.92. The highest BCUT2D eigenvalue weighted by atomic mass is 32.1. The van der Waals surface area contributed by atoms with Gasteiger partial charge in [0.25, 0.3) is 0 Å². The Labute approximate surface area is 157 Å². The Hall–Kier alpha value is -1.85. The second-order valence-electron chi connectivity index (χ2n) is 5.97. The number of thiol groups is 1. The van der Waals surface area contributed by atoms with E-state index in [1.807, 2.05) is 6.92 Å². The molecule has 0 unspecified atom stereocenters. The summed E-state index contributed by atoms with van der Waals surface area (Å²) in [6.45, 7) is 4.22. The Balaban J connectivity index is 4.87. The third kappa shape index (κ3) is 7.58. The maximum atomic E-state index is 12.2. The van der Waals surface area contributed by atoms with Crippen LogP contribution in [0.25, 0.3) is 0 Å². The van der Waals surface area contributed by atoms with E-state index in [9.17, 15) is 24.3 Å². The van der Waals surface area contributed by atoms with Crippen molar-refractivity contribution in [2.45, 2.75) is 51.4 Å². The Morgan fingerprint density at radius 3 is 1.92 bits per heavy atom. The zero-order valence-electron chi connectivity index (χ0n) is 15.1. The highest BCUT2D eigenvalue weighted by molar-refractivity contribution is 7.80. The van der Waals surface area contributed by atoms with Crippen LogP contribution < -0.4 is 21.7 Å². The quantitative estimate of drug-likeness (QED) is 0.196. The summed E-state index contributed by atoms with van der Waals surface area (Å²) in [6.07, 6.45) is 0.661. The molecule has 0 aromatic rings.